The van der Waals surface area contributed by atoms with Crippen LogP contribution in [0.2, 0.25) is 0 Å². The van der Waals surface area contributed by atoms with Gasteiger partial charge in [0, 0.05) is 56.9 Å². The summed E-state index contributed by atoms with van der Waals surface area (Å²) in [6, 6.07) is 0. The van der Waals surface area contributed by atoms with Crippen LogP contribution in [0, 0.1) is 0 Å². The Morgan fingerprint density at radius 3 is 2.56 bits per heavy atom. The molecule has 0 unspecified atom stereocenters. The molecular formula is C20H40N4O2S. The smallest absolute Gasteiger partial charge is 0.191 e. The molecule has 2 N–H and O–H groups in total. The van der Waals surface area contributed by atoms with E-state index in [0.717, 1.165) is 38.6 Å². The highest BCUT2D eigenvalue weighted by atomic mass is 32.2. The lowest BCUT2D eigenvalue weighted by atomic mass is 9.80. The molecule has 1 aliphatic heterocycles. The Bertz CT molecular complexity index is 411. The molecule has 1 heterocycles. The van der Waals surface area contributed by atoms with Crippen molar-refractivity contribution in [2.75, 3.05) is 71.2 Å². The molecule has 158 valence electrons. The quantitative estimate of drug-likeness (QED) is 0.315. The van der Waals surface area contributed by atoms with Crippen LogP contribution in [0.5, 0.6) is 0 Å². The van der Waals surface area contributed by atoms with Gasteiger partial charge in [-0.3, -0.25) is 9.89 Å². The number of hydrogen-bond donors (Lipinski definition) is 2. The van der Waals surface area contributed by atoms with Crippen LogP contribution < -0.4 is 10.6 Å². The predicted molar refractivity (Wildman–Crippen MR) is 116 cm³/mol. The Morgan fingerprint density at radius 2 is 1.85 bits per heavy atom. The molecule has 2 aliphatic rings. The summed E-state index contributed by atoms with van der Waals surface area (Å²) < 4.78 is 10.5. The first kappa shape index (κ1) is 22.8. The van der Waals surface area contributed by atoms with E-state index in [1.807, 2.05) is 0 Å². The molecule has 6 nitrogen and oxygen atoms in total. The van der Waals surface area contributed by atoms with Gasteiger partial charge in [-0.1, -0.05) is 19.3 Å². The van der Waals surface area contributed by atoms with Crippen LogP contribution in [0.3, 0.4) is 0 Å². The topological polar surface area (TPSA) is 58.1 Å². The lowest BCUT2D eigenvalue weighted by molar-refractivity contribution is 0.0670. The molecule has 0 aromatic carbocycles. The minimum Gasteiger partial charge on any atom is -0.382 e. The molecule has 0 amide bonds. The fourth-order valence-electron chi connectivity index (χ4n) is 4.02. The monoisotopic (exact) mass is 400 g/mol. The fraction of sp³-hybridized carbons (Fsp3) is 0.950. The van der Waals surface area contributed by atoms with Crippen LogP contribution >= 0.6 is 11.8 Å². The molecule has 0 spiro atoms. The molecule has 0 bridgehead atoms. The maximum absolute atomic E-state index is 5.53. The predicted octanol–water partition coefficient (Wildman–Crippen LogP) is 2.35. The molecule has 0 radical (unpaired) electrons. The van der Waals surface area contributed by atoms with Crippen LogP contribution in [0.1, 0.15) is 45.4 Å². The van der Waals surface area contributed by atoms with Crippen LogP contribution in [0.4, 0.5) is 0 Å². The summed E-state index contributed by atoms with van der Waals surface area (Å²) in [5.41, 5.74) is 0.283. The third-order valence-corrected chi connectivity index (χ3v) is 6.47. The molecule has 1 saturated carbocycles. The first-order valence-electron chi connectivity index (χ1n) is 10.7. The van der Waals surface area contributed by atoms with Crippen LogP contribution in [-0.2, 0) is 9.47 Å². The summed E-state index contributed by atoms with van der Waals surface area (Å²) in [6.07, 6.45) is 7.66. The van der Waals surface area contributed by atoms with E-state index in [2.05, 4.69) is 34.2 Å². The highest BCUT2D eigenvalue weighted by Gasteiger charge is 2.38. The molecule has 2 rings (SSSR count). The molecule has 0 atom stereocenters. The Morgan fingerprint density at radius 1 is 1.07 bits per heavy atom. The molecule has 2 fully saturated rings. The molecule has 0 aromatic heterocycles. The van der Waals surface area contributed by atoms with E-state index in [4.69, 9.17) is 14.5 Å². The summed E-state index contributed by atoms with van der Waals surface area (Å²) >= 11 is 2.09. The number of hydrogen-bond acceptors (Lipinski definition) is 5. The van der Waals surface area contributed by atoms with E-state index in [1.54, 1.807) is 7.11 Å². The highest BCUT2D eigenvalue weighted by molar-refractivity contribution is 7.99. The van der Waals surface area contributed by atoms with Gasteiger partial charge in [0.15, 0.2) is 5.96 Å². The average molecular weight is 401 g/mol. The number of nitrogens with one attached hydrogen (secondary N) is 2. The number of methoxy groups -OCH3 is 1. The van der Waals surface area contributed by atoms with Gasteiger partial charge in [-0.25, -0.2) is 0 Å². The van der Waals surface area contributed by atoms with Crippen molar-refractivity contribution >= 4 is 17.7 Å². The van der Waals surface area contributed by atoms with Crippen LogP contribution in [-0.4, -0.2) is 87.6 Å². The van der Waals surface area contributed by atoms with E-state index in [-0.39, 0.29) is 5.54 Å². The number of nitrogens with zero attached hydrogens (tertiary/aromatic N) is 2. The lowest BCUT2D eigenvalue weighted by Crippen LogP contribution is -2.55. The Labute approximate surface area is 170 Å². The molecule has 7 heteroatoms. The molecule has 1 aliphatic carbocycles. The summed E-state index contributed by atoms with van der Waals surface area (Å²) in [4.78, 5) is 7.77. The van der Waals surface area contributed by atoms with Gasteiger partial charge in [-0.05, 0) is 26.2 Å². The first-order chi connectivity index (χ1) is 13.3. The van der Waals surface area contributed by atoms with Crippen molar-refractivity contribution < 1.29 is 9.47 Å². The summed E-state index contributed by atoms with van der Waals surface area (Å²) in [7, 11) is 1.70. The van der Waals surface area contributed by atoms with Gasteiger partial charge in [0.05, 0.1) is 19.8 Å². The van der Waals surface area contributed by atoms with Gasteiger partial charge >= 0.3 is 0 Å². The Kier molecular flexibility index (Phi) is 11.5. The third-order valence-electron chi connectivity index (χ3n) is 5.53. The second-order valence-electron chi connectivity index (χ2n) is 7.47. The van der Waals surface area contributed by atoms with E-state index < -0.39 is 0 Å². The van der Waals surface area contributed by atoms with E-state index in [1.165, 1.54) is 56.7 Å². The third kappa shape index (κ3) is 8.18. The second-order valence-corrected chi connectivity index (χ2v) is 8.69. The lowest BCUT2D eigenvalue weighted by Gasteiger charge is -2.47. The second kappa shape index (κ2) is 13.6. The molecule has 27 heavy (non-hydrogen) atoms. The zero-order valence-electron chi connectivity index (χ0n) is 17.4. The van der Waals surface area contributed by atoms with E-state index in [9.17, 15) is 0 Å². The minimum atomic E-state index is 0.283. The Hall–Kier alpha value is -0.500. The number of thioether (sulfide) groups is 1. The van der Waals surface area contributed by atoms with E-state index >= 15 is 0 Å². The zero-order chi connectivity index (χ0) is 19.2. The minimum absolute atomic E-state index is 0.283. The van der Waals surface area contributed by atoms with Crippen molar-refractivity contribution in [3.63, 3.8) is 0 Å². The summed E-state index contributed by atoms with van der Waals surface area (Å²) in [6.45, 7) is 9.35. The Balaban J connectivity index is 1.84. The number of aliphatic imine (C=N–C) groups is 1. The van der Waals surface area contributed by atoms with Crippen molar-refractivity contribution in [2.24, 2.45) is 4.99 Å². The van der Waals surface area contributed by atoms with Crippen molar-refractivity contribution in [3.05, 3.63) is 0 Å². The normalized spacial score (nSPS) is 21.2. The van der Waals surface area contributed by atoms with Gasteiger partial charge in [0.2, 0.25) is 0 Å². The van der Waals surface area contributed by atoms with Crippen molar-refractivity contribution in [1.29, 1.82) is 0 Å². The maximum atomic E-state index is 5.53. The largest absolute Gasteiger partial charge is 0.382 e. The van der Waals surface area contributed by atoms with Crippen LogP contribution in [0.15, 0.2) is 4.99 Å². The number of ether oxygens (including phenoxy) is 2. The SMILES string of the molecule is CCNC(=NCC1(N2CCSCC2)CCCCC1)NCCCOCCOC. The summed E-state index contributed by atoms with van der Waals surface area (Å²) in [5.74, 6) is 3.49. The molecule has 1 saturated heterocycles. The highest BCUT2D eigenvalue weighted by Crippen LogP contribution is 2.35. The molecular weight excluding hydrogens is 360 g/mol. The maximum Gasteiger partial charge on any atom is 0.191 e. The zero-order valence-corrected chi connectivity index (χ0v) is 18.2. The van der Waals surface area contributed by atoms with Crippen molar-refractivity contribution in [2.45, 2.75) is 51.0 Å². The standard InChI is InChI=1S/C20H40N4O2S/c1-3-21-19(22-10-7-13-26-15-14-25-2)23-18-20(8-5-4-6-9-20)24-11-16-27-17-12-24/h3-18H2,1-2H3,(H2,21,22,23). The van der Waals surface area contributed by atoms with Gasteiger partial charge in [0.25, 0.3) is 0 Å². The van der Waals surface area contributed by atoms with Crippen molar-refractivity contribution in [3.8, 4) is 0 Å². The van der Waals surface area contributed by atoms with Crippen molar-refractivity contribution in [1.82, 2.24) is 15.5 Å². The van der Waals surface area contributed by atoms with Gasteiger partial charge in [0.1, 0.15) is 0 Å². The van der Waals surface area contributed by atoms with Gasteiger partial charge in [-0.15, -0.1) is 0 Å². The van der Waals surface area contributed by atoms with E-state index in [0.29, 0.717) is 13.2 Å². The van der Waals surface area contributed by atoms with Gasteiger partial charge < -0.3 is 20.1 Å². The number of rotatable bonds is 11. The summed E-state index contributed by atoms with van der Waals surface area (Å²) in [5, 5.41) is 6.89. The van der Waals surface area contributed by atoms with Crippen LogP contribution in [0.25, 0.3) is 0 Å². The first-order valence-corrected chi connectivity index (χ1v) is 11.9. The average Bonchev–Trinajstić information content (AvgIpc) is 2.72. The fourth-order valence-corrected chi connectivity index (χ4v) is 4.92. The molecule has 0 aromatic rings. The number of guanidine groups is 1. The van der Waals surface area contributed by atoms with Gasteiger partial charge in [-0.2, -0.15) is 11.8 Å².